The van der Waals surface area contributed by atoms with Crippen LogP contribution in [0.1, 0.15) is 28.2 Å². The van der Waals surface area contributed by atoms with E-state index in [4.69, 9.17) is 11.6 Å². The summed E-state index contributed by atoms with van der Waals surface area (Å²) < 4.78 is 1.86. The van der Waals surface area contributed by atoms with E-state index in [1.165, 1.54) is 12.4 Å². The molecule has 0 aliphatic rings. The van der Waals surface area contributed by atoms with E-state index in [1.54, 1.807) is 12.4 Å². The van der Waals surface area contributed by atoms with Crippen LogP contribution >= 0.6 is 11.6 Å². The second-order valence-corrected chi connectivity index (χ2v) is 6.23. The Labute approximate surface area is 156 Å². The van der Waals surface area contributed by atoms with E-state index in [1.807, 2.05) is 30.7 Å². The lowest BCUT2D eigenvalue weighted by Crippen LogP contribution is -2.25. The van der Waals surface area contributed by atoms with Crippen LogP contribution < -0.4 is 5.32 Å². The van der Waals surface area contributed by atoms with Gasteiger partial charge >= 0.3 is 0 Å². The molecule has 0 atom stereocenters. The number of hydrogen-bond acceptors (Lipinski definition) is 5. The molecule has 0 spiro atoms. The molecule has 0 unspecified atom stereocenters. The largest absolute Gasteiger partial charge is 0.352 e. The molecule has 134 valence electrons. The Morgan fingerprint density at radius 2 is 2.00 bits per heavy atom. The van der Waals surface area contributed by atoms with Crippen LogP contribution in [-0.2, 0) is 6.54 Å². The van der Waals surface area contributed by atoms with Gasteiger partial charge in [-0.3, -0.25) is 14.5 Å². The molecule has 26 heavy (non-hydrogen) atoms. The van der Waals surface area contributed by atoms with Gasteiger partial charge in [0.05, 0.1) is 22.0 Å². The van der Waals surface area contributed by atoms with E-state index in [2.05, 4.69) is 25.4 Å². The van der Waals surface area contributed by atoms with Crippen molar-refractivity contribution in [2.24, 2.45) is 0 Å². The van der Waals surface area contributed by atoms with Gasteiger partial charge in [-0.05, 0) is 32.4 Å². The van der Waals surface area contributed by atoms with Gasteiger partial charge in [-0.15, -0.1) is 0 Å². The number of amides is 1. The number of aryl methyl sites for hydroxylation is 2. The summed E-state index contributed by atoms with van der Waals surface area (Å²) in [6.45, 7) is 5.03. The van der Waals surface area contributed by atoms with Crippen LogP contribution in [-0.4, -0.2) is 37.2 Å². The first kappa shape index (κ1) is 18.0. The molecule has 3 aromatic rings. The van der Waals surface area contributed by atoms with Gasteiger partial charge in [0.15, 0.2) is 5.82 Å². The zero-order valence-electron chi connectivity index (χ0n) is 14.6. The Bertz CT molecular complexity index is 892. The summed E-state index contributed by atoms with van der Waals surface area (Å²) in [6.07, 6.45) is 7.15. The van der Waals surface area contributed by atoms with Gasteiger partial charge in [-0.1, -0.05) is 11.6 Å². The van der Waals surface area contributed by atoms with Gasteiger partial charge in [-0.25, -0.2) is 9.97 Å². The van der Waals surface area contributed by atoms with Crippen LogP contribution in [0.2, 0.25) is 5.02 Å². The molecule has 0 saturated carbocycles. The van der Waals surface area contributed by atoms with E-state index >= 15 is 0 Å². The first-order valence-corrected chi connectivity index (χ1v) is 8.64. The van der Waals surface area contributed by atoms with E-state index in [0.29, 0.717) is 29.5 Å². The lowest BCUT2D eigenvalue weighted by atomic mass is 10.2. The van der Waals surface area contributed by atoms with Crippen LogP contribution in [0.4, 0.5) is 0 Å². The van der Waals surface area contributed by atoms with Crippen molar-refractivity contribution in [1.29, 1.82) is 0 Å². The topological polar surface area (TPSA) is 85.6 Å². The minimum absolute atomic E-state index is 0.200. The maximum Gasteiger partial charge on any atom is 0.254 e. The maximum atomic E-state index is 12.2. The van der Waals surface area contributed by atoms with Crippen LogP contribution in [0.3, 0.4) is 0 Å². The minimum Gasteiger partial charge on any atom is -0.352 e. The summed E-state index contributed by atoms with van der Waals surface area (Å²) in [5, 5.41) is 7.93. The summed E-state index contributed by atoms with van der Waals surface area (Å²) in [4.78, 5) is 24.7. The molecule has 7 nitrogen and oxygen atoms in total. The highest BCUT2D eigenvalue weighted by atomic mass is 35.5. The zero-order valence-corrected chi connectivity index (χ0v) is 15.4. The fourth-order valence-corrected chi connectivity index (χ4v) is 2.65. The molecule has 1 N–H and O–H groups in total. The Balaban J connectivity index is 1.51. The minimum atomic E-state index is -0.200. The van der Waals surface area contributed by atoms with Crippen LogP contribution in [0.25, 0.3) is 11.4 Å². The summed E-state index contributed by atoms with van der Waals surface area (Å²) in [6, 6.07) is 3.68. The van der Waals surface area contributed by atoms with Crippen molar-refractivity contribution in [3.8, 4) is 11.4 Å². The average Bonchev–Trinajstić information content (AvgIpc) is 2.92. The van der Waals surface area contributed by atoms with Crippen molar-refractivity contribution in [1.82, 2.24) is 30.0 Å². The summed E-state index contributed by atoms with van der Waals surface area (Å²) >= 11 is 6.13. The molecule has 0 fully saturated rings. The average molecular weight is 371 g/mol. The molecule has 0 aliphatic heterocycles. The number of carbonyl (C=O) groups excluding carboxylic acids is 1. The second kappa shape index (κ2) is 8.05. The Morgan fingerprint density at radius 3 is 2.62 bits per heavy atom. The zero-order chi connectivity index (χ0) is 18.5. The third-order valence-corrected chi connectivity index (χ3v) is 4.51. The molecular weight excluding hydrogens is 352 g/mol. The number of nitrogens with zero attached hydrogens (tertiary/aromatic N) is 5. The lowest BCUT2D eigenvalue weighted by Gasteiger charge is -2.07. The highest BCUT2D eigenvalue weighted by Gasteiger charge is 2.10. The first-order chi connectivity index (χ1) is 12.6. The van der Waals surface area contributed by atoms with Crippen LogP contribution in [0.15, 0.2) is 36.9 Å². The number of nitrogens with one attached hydrogen (secondary N) is 1. The van der Waals surface area contributed by atoms with Crippen molar-refractivity contribution in [3.05, 3.63) is 58.9 Å². The number of hydrogen-bond donors (Lipinski definition) is 1. The number of rotatable bonds is 6. The highest BCUT2D eigenvalue weighted by Crippen LogP contribution is 2.18. The molecule has 3 aromatic heterocycles. The third kappa shape index (κ3) is 4.05. The highest BCUT2D eigenvalue weighted by molar-refractivity contribution is 6.31. The fourth-order valence-electron chi connectivity index (χ4n) is 2.51. The third-order valence-electron chi connectivity index (χ3n) is 3.96. The molecule has 0 radical (unpaired) electrons. The number of halogens is 1. The summed E-state index contributed by atoms with van der Waals surface area (Å²) in [7, 11) is 0. The smallest absolute Gasteiger partial charge is 0.254 e. The second-order valence-electron chi connectivity index (χ2n) is 5.85. The van der Waals surface area contributed by atoms with Gasteiger partial charge in [0.1, 0.15) is 0 Å². The predicted molar refractivity (Wildman–Crippen MR) is 98.9 cm³/mol. The molecule has 1 amide bonds. The molecule has 8 heteroatoms. The molecule has 0 saturated heterocycles. The molecule has 0 bridgehead atoms. The normalized spacial score (nSPS) is 10.7. The molecule has 3 rings (SSSR count). The molecule has 0 aromatic carbocycles. The molecule has 0 aliphatic carbocycles. The van der Waals surface area contributed by atoms with Crippen molar-refractivity contribution < 1.29 is 4.79 Å². The van der Waals surface area contributed by atoms with Gasteiger partial charge in [0.2, 0.25) is 0 Å². The predicted octanol–water partition coefficient (Wildman–Crippen LogP) is 2.83. The molecule has 3 heterocycles. The van der Waals surface area contributed by atoms with Crippen molar-refractivity contribution in [3.63, 3.8) is 0 Å². The number of pyridine rings is 1. The van der Waals surface area contributed by atoms with Gasteiger partial charge < -0.3 is 5.32 Å². The quantitative estimate of drug-likeness (QED) is 0.674. The standard InChI is InChI=1S/C18H19ClN6O/c1-12-16(19)13(2)25(24-12)8-4-7-21-18(26)15-10-22-17(23-11-15)14-5-3-6-20-9-14/h3,5-6,9-11H,4,7-8H2,1-2H3,(H,21,26). The van der Waals surface area contributed by atoms with E-state index < -0.39 is 0 Å². The Morgan fingerprint density at radius 1 is 1.23 bits per heavy atom. The van der Waals surface area contributed by atoms with Crippen LogP contribution in [0, 0.1) is 13.8 Å². The summed E-state index contributed by atoms with van der Waals surface area (Å²) in [5.41, 5.74) is 2.99. The Kier molecular flexibility index (Phi) is 5.58. The number of aromatic nitrogens is 5. The van der Waals surface area contributed by atoms with Crippen LogP contribution in [0.5, 0.6) is 0 Å². The number of carbonyl (C=O) groups is 1. The van der Waals surface area contributed by atoms with Crippen molar-refractivity contribution in [2.45, 2.75) is 26.8 Å². The van der Waals surface area contributed by atoms with E-state index in [0.717, 1.165) is 23.4 Å². The first-order valence-electron chi connectivity index (χ1n) is 8.26. The summed E-state index contributed by atoms with van der Waals surface area (Å²) in [5.74, 6) is 0.338. The fraction of sp³-hybridized carbons (Fsp3) is 0.278. The van der Waals surface area contributed by atoms with E-state index in [9.17, 15) is 4.79 Å². The van der Waals surface area contributed by atoms with Gasteiger partial charge in [0.25, 0.3) is 5.91 Å². The van der Waals surface area contributed by atoms with Gasteiger partial charge in [-0.2, -0.15) is 5.10 Å². The van der Waals surface area contributed by atoms with Gasteiger partial charge in [0, 0.05) is 43.4 Å². The van der Waals surface area contributed by atoms with E-state index in [-0.39, 0.29) is 5.91 Å². The SMILES string of the molecule is Cc1nn(CCCNC(=O)c2cnc(-c3cccnc3)nc2)c(C)c1Cl. The maximum absolute atomic E-state index is 12.2. The Hall–Kier alpha value is -2.80. The van der Waals surface area contributed by atoms with Crippen molar-refractivity contribution >= 4 is 17.5 Å². The monoisotopic (exact) mass is 370 g/mol. The lowest BCUT2D eigenvalue weighted by molar-refractivity contribution is 0.0952. The van der Waals surface area contributed by atoms with Crippen molar-refractivity contribution in [2.75, 3.05) is 6.54 Å². The molecular formula is C18H19ClN6O.